The lowest BCUT2D eigenvalue weighted by molar-refractivity contribution is 0.0702. The Morgan fingerprint density at radius 2 is 2.30 bits per heavy atom. The Hall–Kier alpha value is -1.17. The van der Waals surface area contributed by atoms with E-state index in [0.717, 1.165) is 29.8 Å². The molecule has 0 saturated heterocycles. The molecule has 2 rings (SSSR count). The number of nitrogens with one attached hydrogen (secondary N) is 1. The topological polar surface area (TPSA) is 49.3 Å². The van der Waals surface area contributed by atoms with Crippen LogP contribution in [0.3, 0.4) is 0 Å². The zero-order valence-corrected chi connectivity index (χ0v) is 13.3. The third-order valence-corrected chi connectivity index (χ3v) is 5.30. The van der Waals surface area contributed by atoms with Gasteiger partial charge in [0.25, 0.3) is 0 Å². The van der Waals surface area contributed by atoms with Crippen LogP contribution in [-0.4, -0.2) is 11.1 Å². The number of hydrogen-bond donors (Lipinski definition) is 2. The quantitative estimate of drug-likeness (QED) is 0.794. The average molecular weight is 309 g/mol. The molecule has 2 aromatic heterocycles. The molecular weight excluding hydrogens is 290 g/mol. The molecule has 0 aliphatic rings. The van der Waals surface area contributed by atoms with Gasteiger partial charge in [-0.25, -0.2) is 4.79 Å². The second-order valence-corrected chi connectivity index (χ2v) is 6.97. The molecule has 20 heavy (non-hydrogen) atoms. The summed E-state index contributed by atoms with van der Waals surface area (Å²) in [5.74, 6) is -0.840. The molecule has 0 bridgehead atoms. The third-order valence-electron chi connectivity index (χ3n) is 3.23. The van der Waals surface area contributed by atoms with Crippen molar-refractivity contribution in [3.05, 3.63) is 43.8 Å². The second-order valence-electron chi connectivity index (χ2n) is 4.73. The molecule has 0 aromatic carbocycles. The molecule has 108 valence electrons. The number of aromatic carboxylic acids is 1. The van der Waals surface area contributed by atoms with E-state index < -0.39 is 5.97 Å². The second kappa shape index (κ2) is 7.02. The minimum Gasteiger partial charge on any atom is -0.477 e. The number of carboxylic acid groups (broad SMARTS) is 1. The van der Waals surface area contributed by atoms with Crippen LogP contribution in [0.1, 0.15) is 50.8 Å². The number of carboxylic acids is 1. The SMILES string of the molecule is CCCC(NCc1cc(C(=O)O)sc1C)c1cccs1. The van der Waals surface area contributed by atoms with Crippen molar-refractivity contribution in [2.75, 3.05) is 0 Å². The molecule has 0 aliphatic heterocycles. The van der Waals surface area contributed by atoms with Gasteiger partial charge in [-0.3, -0.25) is 0 Å². The molecule has 0 aliphatic carbocycles. The summed E-state index contributed by atoms with van der Waals surface area (Å²) in [6, 6.07) is 6.36. The summed E-state index contributed by atoms with van der Waals surface area (Å²) in [6.45, 7) is 4.88. The van der Waals surface area contributed by atoms with Gasteiger partial charge >= 0.3 is 5.97 Å². The maximum absolute atomic E-state index is 11.0. The van der Waals surface area contributed by atoms with Crippen LogP contribution >= 0.6 is 22.7 Å². The molecule has 0 amide bonds. The van der Waals surface area contributed by atoms with Crippen LogP contribution < -0.4 is 5.32 Å². The van der Waals surface area contributed by atoms with Crippen LogP contribution in [0.15, 0.2) is 23.6 Å². The van der Waals surface area contributed by atoms with Crippen LogP contribution in [-0.2, 0) is 6.54 Å². The molecule has 3 nitrogen and oxygen atoms in total. The summed E-state index contributed by atoms with van der Waals surface area (Å²) < 4.78 is 0. The maximum Gasteiger partial charge on any atom is 0.345 e. The van der Waals surface area contributed by atoms with Gasteiger partial charge in [0.1, 0.15) is 4.88 Å². The van der Waals surface area contributed by atoms with Crippen molar-refractivity contribution in [3.8, 4) is 0 Å². The lowest BCUT2D eigenvalue weighted by atomic mass is 10.1. The van der Waals surface area contributed by atoms with Crippen LogP contribution in [0, 0.1) is 6.92 Å². The summed E-state index contributed by atoms with van der Waals surface area (Å²) in [6.07, 6.45) is 2.22. The van der Waals surface area contributed by atoms with Crippen LogP contribution in [0.5, 0.6) is 0 Å². The van der Waals surface area contributed by atoms with Crippen molar-refractivity contribution in [1.82, 2.24) is 5.32 Å². The maximum atomic E-state index is 11.0. The molecule has 2 aromatic rings. The van der Waals surface area contributed by atoms with Gasteiger partial charge in [-0.05, 0) is 36.4 Å². The zero-order chi connectivity index (χ0) is 14.5. The van der Waals surface area contributed by atoms with Crippen LogP contribution in [0.4, 0.5) is 0 Å². The molecular formula is C15H19NO2S2. The van der Waals surface area contributed by atoms with Crippen molar-refractivity contribution in [2.45, 2.75) is 39.3 Å². The van der Waals surface area contributed by atoms with Crippen LogP contribution in [0.25, 0.3) is 0 Å². The summed E-state index contributed by atoms with van der Waals surface area (Å²) in [4.78, 5) is 13.8. The van der Waals surface area contributed by atoms with Gasteiger partial charge < -0.3 is 10.4 Å². The van der Waals surface area contributed by atoms with E-state index in [1.807, 2.05) is 6.92 Å². The van der Waals surface area contributed by atoms with Gasteiger partial charge in [-0.1, -0.05) is 19.4 Å². The number of hydrogen-bond acceptors (Lipinski definition) is 4. The smallest absolute Gasteiger partial charge is 0.345 e. The summed E-state index contributed by atoms with van der Waals surface area (Å²) in [5, 5.41) is 14.7. The Morgan fingerprint density at radius 1 is 1.50 bits per heavy atom. The van der Waals surface area contributed by atoms with E-state index in [2.05, 4.69) is 29.8 Å². The van der Waals surface area contributed by atoms with Crippen molar-refractivity contribution >= 4 is 28.6 Å². The molecule has 0 fully saturated rings. The van der Waals surface area contributed by atoms with Gasteiger partial charge in [0, 0.05) is 22.3 Å². The number of aryl methyl sites for hydroxylation is 1. The Balaban J connectivity index is 2.04. The number of thiophene rings is 2. The minimum absolute atomic E-state index is 0.354. The fourth-order valence-electron chi connectivity index (χ4n) is 2.16. The third kappa shape index (κ3) is 3.69. The predicted octanol–water partition coefficient (Wildman–Crippen LogP) is 4.45. The van der Waals surface area contributed by atoms with Gasteiger partial charge in [-0.2, -0.15) is 0 Å². The normalized spacial score (nSPS) is 12.5. The Bertz CT molecular complexity index is 560. The Labute approximate surface area is 127 Å². The van der Waals surface area contributed by atoms with E-state index >= 15 is 0 Å². The van der Waals surface area contributed by atoms with Gasteiger partial charge in [-0.15, -0.1) is 22.7 Å². The monoisotopic (exact) mass is 309 g/mol. The highest BCUT2D eigenvalue weighted by atomic mass is 32.1. The number of carbonyl (C=O) groups is 1. The van der Waals surface area contributed by atoms with Gasteiger partial charge in [0.15, 0.2) is 0 Å². The fourth-order valence-corrected chi connectivity index (χ4v) is 3.87. The first-order valence-corrected chi connectivity index (χ1v) is 8.40. The van der Waals surface area contributed by atoms with Crippen molar-refractivity contribution < 1.29 is 9.90 Å². The predicted molar refractivity (Wildman–Crippen MR) is 84.8 cm³/mol. The van der Waals surface area contributed by atoms with Crippen molar-refractivity contribution in [2.24, 2.45) is 0 Å². The van der Waals surface area contributed by atoms with Crippen molar-refractivity contribution in [3.63, 3.8) is 0 Å². The first-order valence-electron chi connectivity index (χ1n) is 6.71. The Morgan fingerprint density at radius 3 is 2.85 bits per heavy atom. The van der Waals surface area contributed by atoms with E-state index in [1.54, 1.807) is 17.4 Å². The molecule has 1 unspecified atom stereocenters. The van der Waals surface area contributed by atoms with E-state index in [1.165, 1.54) is 16.2 Å². The molecule has 1 atom stereocenters. The lowest BCUT2D eigenvalue weighted by Gasteiger charge is -2.16. The van der Waals surface area contributed by atoms with E-state index in [-0.39, 0.29) is 0 Å². The van der Waals surface area contributed by atoms with E-state index in [0.29, 0.717) is 10.9 Å². The lowest BCUT2D eigenvalue weighted by Crippen LogP contribution is -2.20. The van der Waals surface area contributed by atoms with Gasteiger partial charge in [0.05, 0.1) is 0 Å². The largest absolute Gasteiger partial charge is 0.477 e. The first-order chi connectivity index (χ1) is 9.61. The molecule has 2 heterocycles. The highest BCUT2D eigenvalue weighted by Crippen LogP contribution is 2.26. The molecule has 5 heteroatoms. The minimum atomic E-state index is -0.840. The molecule has 0 radical (unpaired) electrons. The Kier molecular flexibility index (Phi) is 5.34. The standard InChI is InChI=1S/C15H19NO2S2/c1-3-5-12(13-6-4-7-19-13)16-9-11-8-14(15(17)18)20-10(11)2/h4,6-8,12,16H,3,5,9H2,1-2H3,(H,17,18). The zero-order valence-electron chi connectivity index (χ0n) is 11.7. The first kappa shape index (κ1) is 15.2. The number of rotatable bonds is 7. The highest BCUT2D eigenvalue weighted by molar-refractivity contribution is 7.14. The molecule has 2 N–H and O–H groups in total. The van der Waals surface area contributed by atoms with Gasteiger partial charge in [0.2, 0.25) is 0 Å². The van der Waals surface area contributed by atoms with Crippen molar-refractivity contribution in [1.29, 1.82) is 0 Å². The summed E-state index contributed by atoms with van der Waals surface area (Å²) in [7, 11) is 0. The molecule has 0 saturated carbocycles. The summed E-state index contributed by atoms with van der Waals surface area (Å²) in [5.41, 5.74) is 1.09. The highest BCUT2D eigenvalue weighted by Gasteiger charge is 2.14. The van der Waals surface area contributed by atoms with E-state index in [4.69, 9.17) is 5.11 Å². The van der Waals surface area contributed by atoms with E-state index in [9.17, 15) is 4.79 Å². The molecule has 0 spiro atoms. The average Bonchev–Trinajstić information content (AvgIpc) is 3.04. The fraction of sp³-hybridized carbons (Fsp3) is 0.400. The summed E-state index contributed by atoms with van der Waals surface area (Å²) >= 11 is 3.11. The van der Waals surface area contributed by atoms with Crippen LogP contribution in [0.2, 0.25) is 0 Å².